The minimum atomic E-state index is -0.376. The lowest BCUT2D eigenvalue weighted by atomic mass is 9.93. The molecule has 132 valence electrons. The first kappa shape index (κ1) is 17.4. The third-order valence-corrected chi connectivity index (χ3v) is 3.92. The molecule has 0 saturated heterocycles. The summed E-state index contributed by atoms with van der Waals surface area (Å²) in [7, 11) is 0. The Labute approximate surface area is 146 Å². The van der Waals surface area contributed by atoms with Gasteiger partial charge in [0.25, 0.3) is 0 Å². The van der Waals surface area contributed by atoms with Crippen molar-refractivity contribution in [2.75, 3.05) is 6.61 Å². The number of ether oxygens (including phenoxy) is 1. The van der Waals surface area contributed by atoms with Gasteiger partial charge in [-0.1, -0.05) is 13.8 Å². The van der Waals surface area contributed by atoms with E-state index in [-0.39, 0.29) is 11.4 Å². The molecule has 3 aromatic heterocycles. The zero-order valence-corrected chi connectivity index (χ0v) is 14.7. The molecule has 0 unspecified atom stereocenters. The van der Waals surface area contributed by atoms with E-state index in [1.807, 2.05) is 19.1 Å². The van der Waals surface area contributed by atoms with Crippen LogP contribution in [0.3, 0.4) is 0 Å². The van der Waals surface area contributed by atoms with E-state index in [9.17, 15) is 4.39 Å². The molecule has 25 heavy (non-hydrogen) atoms. The first-order chi connectivity index (χ1) is 11.8. The van der Waals surface area contributed by atoms with E-state index in [0.717, 1.165) is 17.8 Å². The van der Waals surface area contributed by atoms with Crippen molar-refractivity contribution in [2.45, 2.75) is 32.7 Å². The molecule has 0 aliphatic rings. The number of hydrogen-bond donors (Lipinski definition) is 1. The second-order valence-electron chi connectivity index (χ2n) is 7.14. The maximum absolute atomic E-state index is 13.3. The van der Waals surface area contributed by atoms with Crippen molar-refractivity contribution in [1.29, 1.82) is 0 Å². The summed E-state index contributed by atoms with van der Waals surface area (Å²) in [4.78, 5) is 8.64. The van der Waals surface area contributed by atoms with E-state index >= 15 is 0 Å². The van der Waals surface area contributed by atoms with Gasteiger partial charge in [0.1, 0.15) is 23.8 Å². The molecule has 5 nitrogen and oxygen atoms in total. The van der Waals surface area contributed by atoms with Crippen LogP contribution in [0.15, 0.2) is 42.9 Å². The molecule has 0 spiro atoms. The maximum Gasteiger partial charge on any atom is 0.140 e. The molecule has 3 rings (SSSR count). The molecule has 3 heterocycles. The average molecular weight is 342 g/mol. The number of nitrogens with zero attached hydrogens (tertiary/aromatic N) is 3. The fourth-order valence-electron chi connectivity index (χ4n) is 3.00. The fraction of sp³-hybridized carbons (Fsp3) is 0.368. The summed E-state index contributed by atoms with van der Waals surface area (Å²) in [5, 5.41) is 0. The number of nitrogens with two attached hydrogens (primary N) is 1. The largest absolute Gasteiger partial charge is 0.490 e. The number of aromatic nitrogens is 3. The van der Waals surface area contributed by atoms with Crippen molar-refractivity contribution in [1.82, 2.24) is 14.4 Å². The minimum absolute atomic E-state index is 0.312. The Balaban J connectivity index is 1.73. The lowest BCUT2D eigenvalue weighted by Gasteiger charge is -2.26. The van der Waals surface area contributed by atoms with Crippen molar-refractivity contribution in [2.24, 2.45) is 11.7 Å². The second-order valence-corrected chi connectivity index (χ2v) is 7.14. The highest BCUT2D eigenvalue weighted by Gasteiger charge is 2.21. The molecule has 0 saturated carbocycles. The van der Waals surface area contributed by atoms with Gasteiger partial charge in [-0.2, -0.15) is 0 Å². The van der Waals surface area contributed by atoms with Gasteiger partial charge in [0.05, 0.1) is 23.8 Å². The Morgan fingerprint density at radius 2 is 2.04 bits per heavy atom. The van der Waals surface area contributed by atoms with Crippen LogP contribution < -0.4 is 10.5 Å². The van der Waals surface area contributed by atoms with Crippen LogP contribution in [0.5, 0.6) is 5.75 Å². The van der Waals surface area contributed by atoms with Crippen LogP contribution in [-0.4, -0.2) is 26.5 Å². The molecule has 0 bridgehead atoms. The number of imidazole rings is 1. The van der Waals surface area contributed by atoms with Gasteiger partial charge in [0, 0.05) is 17.8 Å². The first-order valence-electron chi connectivity index (χ1n) is 8.35. The summed E-state index contributed by atoms with van der Waals surface area (Å²) < 4.78 is 20.9. The highest BCUT2D eigenvalue weighted by Crippen LogP contribution is 2.22. The van der Waals surface area contributed by atoms with Gasteiger partial charge in [-0.05, 0) is 37.5 Å². The predicted molar refractivity (Wildman–Crippen MR) is 95.9 cm³/mol. The van der Waals surface area contributed by atoms with Gasteiger partial charge in [0.15, 0.2) is 0 Å². The summed E-state index contributed by atoms with van der Waals surface area (Å²) in [6.07, 6.45) is 5.88. The Bertz CT molecular complexity index is 855. The van der Waals surface area contributed by atoms with E-state index in [1.54, 1.807) is 23.0 Å². The van der Waals surface area contributed by atoms with Crippen LogP contribution in [0.2, 0.25) is 0 Å². The van der Waals surface area contributed by atoms with Gasteiger partial charge in [-0.3, -0.25) is 9.38 Å². The van der Waals surface area contributed by atoms with Crippen molar-refractivity contribution in [3.8, 4) is 17.1 Å². The molecular weight excluding hydrogens is 319 g/mol. The molecule has 2 N–H and O–H groups in total. The van der Waals surface area contributed by atoms with E-state index in [4.69, 9.17) is 10.5 Å². The standard InChI is InChI=1S/C19H23FN4O/c1-13(2)9-19(3,21)12-25-15-4-5-16(22-10-15)17-11-23-18-8-14(20)6-7-24(17)18/h4-8,10-11,13H,9,12,21H2,1-3H3/t19-/m0/s1. The molecule has 3 aromatic rings. The van der Waals surface area contributed by atoms with Gasteiger partial charge in [0.2, 0.25) is 0 Å². The van der Waals surface area contributed by atoms with Crippen LogP contribution in [0.1, 0.15) is 27.2 Å². The van der Waals surface area contributed by atoms with Crippen LogP contribution in [0.25, 0.3) is 17.0 Å². The Morgan fingerprint density at radius 3 is 2.72 bits per heavy atom. The quantitative estimate of drug-likeness (QED) is 0.742. The molecule has 0 aliphatic heterocycles. The third-order valence-electron chi connectivity index (χ3n) is 3.92. The van der Waals surface area contributed by atoms with Crippen molar-refractivity contribution >= 4 is 5.65 Å². The summed E-state index contributed by atoms with van der Waals surface area (Å²) in [6.45, 7) is 6.71. The minimum Gasteiger partial charge on any atom is -0.490 e. The fourth-order valence-corrected chi connectivity index (χ4v) is 3.00. The Morgan fingerprint density at radius 1 is 1.24 bits per heavy atom. The van der Waals surface area contributed by atoms with Gasteiger partial charge in [-0.25, -0.2) is 9.37 Å². The summed E-state index contributed by atoms with van der Waals surface area (Å²) in [6, 6.07) is 6.50. The molecule has 6 heteroatoms. The van der Waals surface area contributed by atoms with Gasteiger partial charge in [-0.15, -0.1) is 0 Å². The zero-order valence-electron chi connectivity index (χ0n) is 14.7. The summed E-state index contributed by atoms with van der Waals surface area (Å²) in [5.74, 6) is 0.871. The number of halogens is 1. The highest BCUT2D eigenvalue weighted by atomic mass is 19.1. The average Bonchev–Trinajstić information content (AvgIpc) is 2.95. The SMILES string of the molecule is CC(C)C[C@](C)(N)COc1ccc(-c2cnc3cc(F)ccn23)nc1. The molecule has 0 amide bonds. The van der Waals surface area contributed by atoms with E-state index in [1.165, 1.54) is 12.1 Å². The van der Waals surface area contributed by atoms with E-state index in [0.29, 0.717) is 23.9 Å². The van der Waals surface area contributed by atoms with Crippen LogP contribution >= 0.6 is 0 Å². The molecule has 0 fully saturated rings. The van der Waals surface area contributed by atoms with Crippen LogP contribution in [0.4, 0.5) is 4.39 Å². The lowest BCUT2D eigenvalue weighted by molar-refractivity contribution is 0.206. The van der Waals surface area contributed by atoms with E-state index < -0.39 is 0 Å². The monoisotopic (exact) mass is 342 g/mol. The maximum atomic E-state index is 13.3. The molecule has 1 atom stereocenters. The predicted octanol–water partition coefficient (Wildman–Crippen LogP) is 3.68. The highest BCUT2D eigenvalue weighted by molar-refractivity contribution is 5.60. The van der Waals surface area contributed by atoms with E-state index in [2.05, 4.69) is 23.8 Å². The topological polar surface area (TPSA) is 65.4 Å². The normalized spacial score (nSPS) is 14.0. The third kappa shape index (κ3) is 4.14. The summed E-state index contributed by atoms with van der Waals surface area (Å²) in [5.41, 5.74) is 7.97. The molecular formula is C19H23FN4O. The van der Waals surface area contributed by atoms with Crippen LogP contribution in [-0.2, 0) is 0 Å². The Hall–Kier alpha value is -2.47. The Kier molecular flexibility index (Phi) is 4.72. The van der Waals surface area contributed by atoms with Crippen molar-refractivity contribution < 1.29 is 9.13 Å². The number of fused-ring (bicyclic) bond motifs is 1. The molecule has 0 radical (unpaired) electrons. The zero-order chi connectivity index (χ0) is 18.0. The van der Waals surface area contributed by atoms with Gasteiger partial charge < -0.3 is 10.5 Å². The summed E-state index contributed by atoms with van der Waals surface area (Å²) >= 11 is 0. The number of pyridine rings is 2. The molecule has 0 aliphatic carbocycles. The van der Waals surface area contributed by atoms with Crippen LogP contribution in [0, 0.1) is 11.7 Å². The number of rotatable bonds is 6. The smallest absolute Gasteiger partial charge is 0.140 e. The molecule has 0 aromatic carbocycles. The van der Waals surface area contributed by atoms with Crippen molar-refractivity contribution in [3.05, 3.63) is 48.7 Å². The number of hydrogen-bond acceptors (Lipinski definition) is 4. The van der Waals surface area contributed by atoms with Gasteiger partial charge >= 0.3 is 0 Å². The van der Waals surface area contributed by atoms with Crippen molar-refractivity contribution in [3.63, 3.8) is 0 Å². The second kappa shape index (κ2) is 6.80. The first-order valence-corrected chi connectivity index (χ1v) is 8.35. The lowest BCUT2D eigenvalue weighted by Crippen LogP contribution is -2.43.